The lowest BCUT2D eigenvalue weighted by Gasteiger charge is -2.34. The second-order valence-electron chi connectivity index (χ2n) is 4.43. The largest absolute Gasteiger partial charge is 0.378 e. The number of rotatable bonds is 3. The van der Waals surface area contributed by atoms with Crippen molar-refractivity contribution < 1.29 is 4.74 Å². The van der Waals surface area contributed by atoms with Crippen molar-refractivity contribution in [2.75, 3.05) is 19.8 Å². The van der Waals surface area contributed by atoms with Crippen molar-refractivity contribution in [1.82, 2.24) is 9.88 Å². The molecule has 0 aromatic carbocycles. The monoisotopic (exact) mass is 280 g/mol. The maximum Gasteiger partial charge on any atom is 0.0898 e. The molecule has 1 aliphatic heterocycles. The number of ether oxygens (including phenoxy) is 1. The Labute approximate surface area is 115 Å². The first-order valence-electron chi connectivity index (χ1n) is 6.09. The van der Waals surface area contributed by atoms with Crippen molar-refractivity contribution in [2.45, 2.75) is 19.5 Å². The number of morpholine rings is 1. The number of nitrogens with zero attached hydrogens (tertiary/aromatic N) is 2. The highest BCUT2D eigenvalue weighted by Gasteiger charge is 2.26. The minimum Gasteiger partial charge on any atom is -0.378 e. The molecule has 1 atom stereocenters. The number of thiophene rings is 1. The van der Waals surface area contributed by atoms with E-state index < -0.39 is 0 Å². The summed E-state index contributed by atoms with van der Waals surface area (Å²) >= 11 is 3.54. The van der Waals surface area contributed by atoms with Crippen LogP contribution < -0.4 is 0 Å². The summed E-state index contributed by atoms with van der Waals surface area (Å²) in [5.74, 6) is 0. The van der Waals surface area contributed by atoms with Gasteiger partial charge in [0.05, 0.1) is 30.0 Å². The van der Waals surface area contributed by atoms with E-state index in [1.807, 2.05) is 11.3 Å². The Kier molecular flexibility index (Phi) is 3.75. The predicted molar refractivity (Wildman–Crippen MR) is 75.1 cm³/mol. The van der Waals surface area contributed by atoms with E-state index in [9.17, 15) is 0 Å². The molecule has 0 bridgehead atoms. The summed E-state index contributed by atoms with van der Waals surface area (Å²) in [6.45, 7) is 5.63. The van der Waals surface area contributed by atoms with Crippen molar-refractivity contribution in [3.8, 4) is 0 Å². The number of aromatic nitrogens is 1. The molecule has 5 heteroatoms. The van der Waals surface area contributed by atoms with E-state index in [0.29, 0.717) is 6.04 Å². The van der Waals surface area contributed by atoms with Gasteiger partial charge in [0.25, 0.3) is 0 Å². The van der Waals surface area contributed by atoms with E-state index in [0.717, 1.165) is 37.0 Å². The van der Waals surface area contributed by atoms with E-state index in [1.54, 1.807) is 11.3 Å². The van der Waals surface area contributed by atoms with Crippen LogP contribution in [0.3, 0.4) is 0 Å². The zero-order valence-electron chi connectivity index (χ0n) is 10.3. The third kappa shape index (κ3) is 2.64. The number of hydrogen-bond acceptors (Lipinski definition) is 5. The van der Waals surface area contributed by atoms with Crippen LogP contribution in [0.15, 0.2) is 22.9 Å². The normalized spacial score (nSPS) is 21.3. The second kappa shape index (κ2) is 5.48. The molecule has 2 aromatic rings. The van der Waals surface area contributed by atoms with Gasteiger partial charge < -0.3 is 4.74 Å². The molecule has 2 aromatic heterocycles. The van der Waals surface area contributed by atoms with Crippen molar-refractivity contribution in [2.24, 2.45) is 0 Å². The first-order chi connectivity index (χ1) is 8.83. The van der Waals surface area contributed by atoms with Gasteiger partial charge >= 0.3 is 0 Å². The molecule has 0 aliphatic carbocycles. The third-order valence-electron chi connectivity index (χ3n) is 3.16. The van der Waals surface area contributed by atoms with Crippen LogP contribution in [-0.2, 0) is 11.3 Å². The molecule has 1 aliphatic rings. The van der Waals surface area contributed by atoms with Crippen molar-refractivity contribution >= 4 is 22.7 Å². The van der Waals surface area contributed by atoms with Crippen LogP contribution in [0.5, 0.6) is 0 Å². The molecular weight excluding hydrogens is 264 g/mol. The quantitative estimate of drug-likeness (QED) is 0.864. The average molecular weight is 280 g/mol. The lowest BCUT2D eigenvalue weighted by Crippen LogP contribution is -2.39. The van der Waals surface area contributed by atoms with Gasteiger partial charge in [-0.15, -0.1) is 22.7 Å². The summed E-state index contributed by atoms with van der Waals surface area (Å²) in [6, 6.07) is 4.62. The molecule has 3 nitrogen and oxygen atoms in total. The zero-order chi connectivity index (χ0) is 12.4. The van der Waals surface area contributed by atoms with E-state index in [4.69, 9.17) is 4.74 Å². The Balaban J connectivity index is 1.77. The van der Waals surface area contributed by atoms with Crippen LogP contribution >= 0.6 is 22.7 Å². The van der Waals surface area contributed by atoms with Gasteiger partial charge in [-0.2, -0.15) is 0 Å². The first kappa shape index (κ1) is 12.3. The lowest BCUT2D eigenvalue weighted by atomic mass is 10.1. The minimum absolute atomic E-state index is 0.311. The predicted octanol–water partition coefficient (Wildman–Crippen LogP) is 3.09. The topological polar surface area (TPSA) is 25.4 Å². The van der Waals surface area contributed by atoms with Gasteiger partial charge in [0, 0.05) is 23.3 Å². The fraction of sp³-hybridized carbons (Fsp3) is 0.462. The molecule has 0 unspecified atom stereocenters. The minimum atomic E-state index is 0.311. The molecule has 18 heavy (non-hydrogen) atoms. The van der Waals surface area contributed by atoms with Gasteiger partial charge in [-0.25, -0.2) is 4.98 Å². The number of hydrogen-bond donors (Lipinski definition) is 0. The molecule has 96 valence electrons. The standard InChI is InChI=1S/C13H16N2OS2/c1-10-14-12(9-18-10)13-8-16-5-4-15(13)7-11-3-2-6-17-11/h2-3,6,9,13H,4-5,7-8H2,1H3/t13-/m1/s1. The number of aryl methyl sites for hydroxylation is 1. The summed E-state index contributed by atoms with van der Waals surface area (Å²) in [6.07, 6.45) is 0. The highest BCUT2D eigenvalue weighted by atomic mass is 32.1. The molecule has 0 radical (unpaired) electrons. The fourth-order valence-corrected chi connectivity index (χ4v) is 3.62. The van der Waals surface area contributed by atoms with Gasteiger partial charge in [-0.1, -0.05) is 6.07 Å². The Hall–Kier alpha value is -0.750. The Morgan fingerprint density at radius 3 is 3.17 bits per heavy atom. The van der Waals surface area contributed by atoms with Crippen molar-refractivity contribution in [3.63, 3.8) is 0 Å². The maximum atomic E-state index is 5.62. The van der Waals surface area contributed by atoms with Gasteiger partial charge in [0.1, 0.15) is 0 Å². The van der Waals surface area contributed by atoms with Crippen LogP contribution in [0.1, 0.15) is 21.6 Å². The molecule has 1 saturated heterocycles. The summed E-state index contributed by atoms with van der Waals surface area (Å²) in [5.41, 5.74) is 1.16. The van der Waals surface area contributed by atoms with Gasteiger partial charge in [0.2, 0.25) is 0 Å². The van der Waals surface area contributed by atoms with Gasteiger partial charge in [-0.05, 0) is 18.4 Å². The Morgan fingerprint density at radius 1 is 1.50 bits per heavy atom. The highest BCUT2D eigenvalue weighted by molar-refractivity contribution is 7.10. The molecule has 0 amide bonds. The van der Waals surface area contributed by atoms with Crippen LogP contribution in [-0.4, -0.2) is 29.6 Å². The van der Waals surface area contributed by atoms with Gasteiger partial charge in [-0.3, -0.25) is 4.90 Å². The molecule has 0 N–H and O–H groups in total. The smallest absolute Gasteiger partial charge is 0.0898 e. The van der Waals surface area contributed by atoms with Crippen molar-refractivity contribution in [1.29, 1.82) is 0 Å². The van der Waals surface area contributed by atoms with Crippen LogP contribution in [0.25, 0.3) is 0 Å². The molecular formula is C13H16N2OS2. The molecule has 0 spiro atoms. The summed E-state index contributed by atoms with van der Waals surface area (Å²) < 4.78 is 5.62. The second-order valence-corrected chi connectivity index (χ2v) is 6.53. The average Bonchev–Trinajstić information content (AvgIpc) is 3.02. The maximum absolute atomic E-state index is 5.62. The first-order valence-corrected chi connectivity index (χ1v) is 7.85. The highest BCUT2D eigenvalue weighted by Crippen LogP contribution is 2.27. The van der Waals surface area contributed by atoms with E-state index in [1.165, 1.54) is 4.88 Å². The summed E-state index contributed by atoms with van der Waals surface area (Å²) in [7, 11) is 0. The van der Waals surface area contributed by atoms with Crippen LogP contribution in [0, 0.1) is 6.92 Å². The Morgan fingerprint density at radius 2 is 2.44 bits per heavy atom. The summed E-state index contributed by atoms with van der Waals surface area (Å²) in [5, 5.41) is 5.43. The van der Waals surface area contributed by atoms with E-state index in [-0.39, 0.29) is 0 Å². The van der Waals surface area contributed by atoms with Crippen LogP contribution in [0.2, 0.25) is 0 Å². The summed E-state index contributed by atoms with van der Waals surface area (Å²) in [4.78, 5) is 8.50. The van der Waals surface area contributed by atoms with Crippen molar-refractivity contribution in [3.05, 3.63) is 38.5 Å². The van der Waals surface area contributed by atoms with E-state index in [2.05, 4.69) is 39.7 Å². The van der Waals surface area contributed by atoms with Gasteiger partial charge in [0.15, 0.2) is 0 Å². The Bertz CT molecular complexity index is 495. The molecule has 0 saturated carbocycles. The fourth-order valence-electron chi connectivity index (χ4n) is 2.24. The third-order valence-corrected chi connectivity index (χ3v) is 4.81. The molecule has 1 fully saturated rings. The van der Waals surface area contributed by atoms with E-state index >= 15 is 0 Å². The van der Waals surface area contributed by atoms with Crippen LogP contribution in [0.4, 0.5) is 0 Å². The lowest BCUT2D eigenvalue weighted by molar-refractivity contribution is -0.0136. The molecule has 3 rings (SSSR count). The molecule has 3 heterocycles. The number of thiazole rings is 1. The SMILES string of the molecule is Cc1nc([C@H]2COCCN2Cc2cccs2)cs1. The zero-order valence-corrected chi connectivity index (χ0v) is 12.0.